The molecular formula is C49H63N5O10. The van der Waals surface area contributed by atoms with E-state index in [1.165, 1.54) is 35.6 Å². The molecule has 1 saturated carbocycles. The fourth-order valence-electron chi connectivity index (χ4n) is 10.3. The quantitative estimate of drug-likeness (QED) is 0.130. The number of fused-ring (bicyclic) bond motifs is 3. The maximum absolute atomic E-state index is 14.0. The number of amides is 1. The Labute approximate surface area is 374 Å². The van der Waals surface area contributed by atoms with Gasteiger partial charge in [0.05, 0.1) is 36.1 Å². The molecule has 2 aliphatic heterocycles. The number of rotatable bonds is 12. The zero-order chi connectivity index (χ0) is 45.9. The van der Waals surface area contributed by atoms with E-state index in [0.29, 0.717) is 0 Å². The Morgan fingerprint density at radius 1 is 0.844 bits per heavy atom. The zero-order valence-electron chi connectivity index (χ0n) is 37.2. The van der Waals surface area contributed by atoms with E-state index in [0.717, 1.165) is 77.2 Å². The van der Waals surface area contributed by atoms with E-state index in [-0.39, 0.29) is 47.7 Å². The number of methoxy groups -OCH3 is 1. The average molecular weight is 882 g/mol. The molecule has 3 aromatic carbocycles. The third-order valence-corrected chi connectivity index (χ3v) is 13.9. The zero-order valence-corrected chi connectivity index (χ0v) is 37.2. The number of piperazine rings is 1. The second-order valence-electron chi connectivity index (χ2n) is 18.1. The Kier molecular flexibility index (Phi) is 14.4. The Morgan fingerprint density at radius 3 is 2.06 bits per heavy atom. The number of phenols is 1. The highest BCUT2D eigenvalue weighted by Gasteiger charge is 2.66. The van der Waals surface area contributed by atoms with Crippen LogP contribution in [-0.4, -0.2) is 160 Å². The van der Waals surface area contributed by atoms with Crippen molar-refractivity contribution in [2.24, 2.45) is 11.8 Å². The van der Waals surface area contributed by atoms with Gasteiger partial charge >= 0.3 is 0 Å². The van der Waals surface area contributed by atoms with Crippen LogP contribution in [0.3, 0.4) is 0 Å². The summed E-state index contributed by atoms with van der Waals surface area (Å²) in [4.78, 5) is 49.2. The molecule has 3 aromatic rings. The summed E-state index contributed by atoms with van der Waals surface area (Å²) in [5.41, 5.74) is -3.28. The van der Waals surface area contributed by atoms with Gasteiger partial charge in [-0.1, -0.05) is 72.8 Å². The molecule has 2 heterocycles. The van der Waals surface area contributed by atoms with Gasteiger partial charge in [0, 0.05) is 63.8 Å². The molecule has 1 amide bonds. The molecule has 64 heavy (non-hydrogen) atoms. The van der Waals surface area contributed by atoms with Crippen LogP contribution in [0.15, 0.2) is 95.8 Å². The van der Waals surface area contributed by atoms with Crippen LogP contribution in [-0.2, 0) is 24.7 Å². The van der Waals surface area contributed by atoms with E-state index in [1.807, 2.05) is 41.3 Å². The van der Waals surface area contributed by atoms with Gasteiger partial charge < -0.3 is 45.6 Å². The Balaban J connectivity index is 0.000000206. The van der Waals surface area contributed by atoms with E-state index in [1.54, 1.807) is 21.2 Å². The number of Topliss-reactive ketones (excluding diaryl/α,β-unsaturated/α-hetero) is 2. The molecule has 5 aliphatic rings. The SMILES string of the molecule is CN(C)[C@@H]1C(=O)C(C(=O)NCN2CCCC2)=C(O)[C@@]2(O)C(=O)C3=C(O)c4c(O)cccc4[C@@](C)(O)C3C[C@@H]12.COC(CN1CCN(CCC(O)c2ccccc2)CC1)c1ccccc1. The van der Waals surface area contributed by atoms with Crippen LogP contribution in [0.5, 0.6) is 5.75 Å². The number of benzene rings is 3. The van der Waals surface area contributed by atoms with Crippen molar-refractivity contribution in [3.05, 3.63) is 118 Å². The van der Waals surface area contributed by atoms with Crippen molar-refractivity contribution in [3.63, 3.8) is 0 Å². The van der Waals surface area contributed by atoms with Gasteiger partial charge in [-0.15, -0.1) is 0 Å². The summed E-state index contributed by atoms with van der Waals surface area (Å²) in [5, 5.41) is 69.3. The second kappa shape index (κ2) is 19.6. The molecule has 3 aliphatic carbocycles. The fraction of sp³-hybridized carbons (Fsp3) is 0.490. The molecule has 344 valence electrons. The van der Waals surface area contributed by atoms with Crippen molar-refractivity contribution in [2.75, 3.05) is 80.2 Å². The van der Waals surface area contributed by atoms with E-state index in [2.05, 4.69) is 39.4 Å². The third kappa shape index (κ3) is 9.13. The molecule has 0 radical (unpaired) electrons. The topological polar surface area (TPSA) is 207 Å². The normalized spacial score (nSPS) is 27.3. The van der Waals surface area contributed by atoms with Gasteiger partial charge in [0.2, 0.25) is 5.78 Å². The number of hydrogen-bond acceptors (Lipinski definition) is 14. The first-order valence-corrected chi connectivity index (χ1v) is 22.2. The van der Waals surface area contributed by atoms with E-state index < -0.39 is 63.6 Å². The fourth-order valence-corrected chi connectivity index (χ4v) is 10.3. The molecule has 3 fully saturated rings. The lowest BCUT2D eigenvalue weighted by atomic mass is 9.54. The number of aromatic hydroxyl groups is 1. The summed E-state index contributed by atoms with van der Waals surface area (Å²) in [6.45, 7) is 9.18. The summed E-state index contributed by atoms with van der Waals surface area (Å²) < 4.78 is 5.71. The summed E-state index contributed by atoms with van der Waals surface area (Å²) in [6, 6.07) is 23.5. The molecule has 15 nitrogen and oxygen atoms in total. The number of aliphatic hydroxyl groups excluding tert-OH is 3. The van der Waals surface area contributed by atoms with Gasteiger partial charge in [-0.05, 0) is 82.5 Å². The monoisotopic (exact) mass is 881 g/mol. The summed E-state index contributed by atoms with van der Waals surface area (Å²) in [7, 11) is 4.91. The lowest BCUT2D eigenvalue weighted by Crippen LogP contribution is -2.67. The van der Waals surface area contributed by atoms with E-state index >= 15 is 0 Å². The first-order valence-electron chi connectivity index (χ1n) is 22.2. The number of nitrogens with one attached hydrogen (secondary N) is 1. The van der Waals surface area contributed by atoms with Crippen molar-refractivity contribution in [2.45, 2.75) is 62.1 Å². The van der Waals surface area contributed by atoms with Gasteiger partial charge in [0.1, 0.15) is 22.8 Å². The van der Waals surface area contributed by atoms with Gasteiger partial charge in [-0.25, -0.2) is 0 Å². The maximum atomic E-state index is 14.0. The number of likely N-dealkylation sites (tertiary alicyclic amines) is 1. The predicted octanol–water partition coefficient (Wildman–Crippen LogP) is 3.43. The Hall–Kier alpha value is -4.97. The maximum Gasteiger partial charge on any atom is 0.259 e. The highest BCUT2D eigenvalue weighted by molar-refractivity contribution is 6.25. The minimum atomic E-state index is -2.72. The van der Waals surface area contributed by atoms with Crippen molar-refractivity contribution in [1.82, 2.24) is 24.9 Å². The number of phenolic OH excluding ortho intramolecular Hbond substituents is 1. The second-order valence-corrected chi connectivity index (χ2v) is 18.1. The summed E-state index contributed by atoms with van der Waals surface area (Å²) >= 11 is 0. The molecule has 0 spiro atoms. The minimum Gasteiger partial charge on any atom is -0.508 e. The molecule has 7 atom stereocenters. The van der Waals surface area contributed by atoms with Crippen LogP contribution in [0, 0.1) is 11.8 Å². The molecule has 3 unspecified atom stereocenters. The van der Waals surface area contributed by atoms with Crippen LogP contribution >= 0.6 is 0 Å². The molecule has 0 bridgehead atoms. The number of aliphatic hydroxyl groups is 5. The van der Waals surface area contributed by atoms with E-state index in [4.69, 9.17) is 4.74 Å². The molecule has 8 rings (SSSR count). The largest absolute Gasteiger partial charge is 0.508 e. The lowest BCUT2D eigenvalue weighted by molar-refractivity contribution is -0.159. The summed E-state index contributed by atoms with van der Waals surface area (Å²) in [5.74, 6) is -7.17. The molecule has 7 N–H and O–H groups in total. The van der Waals surface area contributed by atoms with Crippen molar-refractivity contribution >= 4 is 23.2 Å². The van der Waals surface area contributed by atoms with Crippen LogP contribution in [0.4, 0.5) is 0 Å². The number of likely N-dealkylation sites (N-methyl/N-ethyl adjacent to an activating group) is 1. The number of ketones is 2. The van der Waals surface area contributed by atoms with Crippen LogP contribution in [0.2, 0.25) is 0 Å². The number of ether oxygens (including phenoxy) is 1. The highest BCUT2D eigenvalue weighted by atomic mass is 16.5. The average Bonchev–Trinajstić information content (AvgIpc) is 3.82. The first-order chi connectivity index (χ1) is 30.6. The van der Waals surface area contributed by atoms with Gasteiger partial charge in [0.15, 0.2) is 11.4 Å². The van der Waals surface area contributed by atoms with Gasteiger partial charge in [0.25, 0.3) is 5.91 Å². The summed E-state index contributed by atoms with van der Waals surface area (Å²) in [6.07, 6.45) is 2.32. The lowest BCUT2D eigenvalue weighted by Gasteiger charge is -2.53. The van der Waals surface area contributed by atoms with Crippen LogP contribution in [0.1, 0.15) is 67.1 Å². The molecule has 0 aromatic heterocycles. The van der Waals surface area contributed by atoms with Gasteiger partial charge in [-0.2, -0.15) is 0 Å². The standard InChI is InChI=1S/C27H33N3O8.C22H30N2O2/c1-26(37)13-7-6-8-16(31)17(13)21(32)18-14(26)11-15-20(29(2)3)22(33)19(24(35)27(15,38)23(18)34)25(36)28-12-30-9-4-5-10-30;1-26-22(20-10-6-3-7-11-20)18-24-16-14-23(15-17-24)13-12-21(25)19-8-4-2-5-9-19/h6-8,14-15,20,31-32,35,37-38H,4-5,9-12H2,1-3H3,(H,28,36);2-11,21-22,25H,12-18H2,1H3/t14?,15-,20-,26+,27-;/m0./s1. The number of nitrogens with zero attached hydrogens (tertiary/aromatic N) is 4. The number of carbonyl (C=O) groups is 3. The van der Waals surface area contributed by atoms with Crippen molar-refractivity contribution in [1.29, 1.82) is 0 Å². The molecule has 2 saturated heterocycles. The number of carbonyl (C=O) groups excluding carboxylic acids is 3. The predicted molar refractivity (Wildman–Crippen MR) is 240 cm³/mol. The van der Waals surface area contributed by atoms with E-state index in [9.17, 15) is 45.0 Å². The Bertz CT molecular complexity index is 2220. The highest BCUT2D eigenvalue weighted by Crippen LogP contribution is 2.57. The third-order valence-electron chi connectivity index (χ3n) is 13.9. The smallest absolute Gasteiger partial charge is 0.259 e. The number of hydrogen-bond donors (Lipinski definition) is 7. The Morgan fingerprint density at radius 2 is 1.45 bits per heavy atom. The molecule has 15 heteroatoms. The van der Waals surface area contributed by atoms with Crippen molar-refractivity contribution < 1.29 is 49.8 Å². The first kappa shape index (κ1) is 47.0. The van der Waals surface area contributed by atoms with Gasteiger partial charge in [-0.3, -0.25) is 29.1 Å². The van der Waals surface area contributed by atoms with Crippen LogP contribution < -0.4 is 5.32 Å². The van der Waals surface area contributed by atoms with Crippen molar-refractivity contribution in [3.8, 4) is 5.75 Å². The molecular weight excluding hydrogens is 819 g/mol. The minimum absolute atomic E-state index is 0.127. The van der Waals surface area contributed by atoms with Crippen LogP contribution in [0.25, 0.3) is 5.76 Å².